The van der Waals surface area contributed by atoms with Gasteiger partial charge in [0.2, 0.25) is 0 Å². The first kappa shape index (κ1) is 75.1. The Labute approximate surface area is 493 Å². The van der Waals surface area contributed by atoms with Crippen LogP contribution in [0, 0.1) is 0 Å². The topological polar surface area (TPSA) is 111 Å². The molecule has 0 heterocycles. The number of nitrogens with zero attached hydrogens (tertiary/aromatic N) is 1. The summed E-state index contributed by atoms with van der Waals surface area (Å²) in [6.07, 6.45) is 90.6. The van der Waals surface area contributed by atoms with E-state index in [0.717, 1.165) is 141 Å². The number of carboxylic acids is 1. The van der Waals surface area contributed by atoms with Gasteiger partial charge < -0.3 is 33.3 Å². The van der Waals surface area contributed by atoms with Crippen LogP contribution in [0.4, 0.5) is 0 Å². The van der Waals surface area contributed by atoms with E-state index in [2.05, 4.69) is 208 Å². The Morgan fingerprint density at radius 3 is 1.02 bits per heavy atom. The summed E-state index contributed by atoms with van der Waals surface area (Å²) in [7, 11) is 5.88. The Morgan fingerprint density at radius 1 is 0.370 bits per heavy atom. The second kappa shape index (κ2) is 60.2. The molecule has 0 fully saturated rings. The zero-order chi connectivity index (χ0) is 59.1. The van der Waals surface area contributed by atoms with E-state index < -0.39 is 30.3 Å². The molecular weight excluding hydrogens is 1010 g/mol. The lowest BCUT2D eigenvalue weighted by atomic mass is 10.1. The zero-order valence-corrected chi connectivity index (χ0v) is 51.1. The van der Waals surface area contributed by atoms with Gasteiger partial charge in [0.15, 0.2) is 12.4 Å². The van der Waals surface area contributed by atoms with Gasteiger partial charge in [0.05, 0.1) is 40.3 Å². The predicted octanol–water partition coefficient (Wildman–Crippen LogP) is 17.3. The molecule has 0 aliphatic rings. The Kier molecular flexibility index (Phi) is 55.9. The van der Waals surface area contributed by atoms with Crippen molar-refractivity contribution in [3.63, 3.8) is 0 Å². The first-order valence-electron chi connectivity index (χ1n) is 30.6. The molecule has 0 aromatic heterocycles. The third-order valence-corrected chi connectivity index (χ3v) is 11.8. The Bertz CT molecular complexity index is 2020. The van der Waals surface area contributed by atoms with Crippen LogP contribution >= 0.6 is 0 Å². The van der Waals surface area contributed by atoms with Crippen molar-refractivity contribution in [2.45, 2.75) is 193 Å². The first-order chi connectivity index (χ1) is 39.6. The number of allylic oxidation sites excluding steroid dienone is 32. The average Bonchev–Trinajstić information content (AvgIpc) is 3.44. The molecule has 0 aromatic rings. The van der Waals surface area contributed by atoms with Crippen LogP contribution in [0.5, 0.6) is 0 Å². The second-order valence-electron chi connectivity index (χ2n) is 20.5. The number of rotatable bonds is 53. The molecule has 9 nitrogen and oxygen atoms in total. The number of hydrogen-bond donors (Lipinski definition) is 0. The molecule has 0 spiro atoms. The Balaban J connectivity index is 4.42. The van der Waals surface area contributed by atoms with Crippen molar-refractivity contribution < 1.29 is 42.9 Å². The molecule has 0 saturated carbocycles. The van der Waals surface area contributed by atoms with Crippen molar-refractivity contribution >= 4 is 17.9 Å². The normalized spacial score (nSPS) is 14.1. The van der Waals surface area contributed by atoms with Gasteiger partial charge in [0.1, 0.15) is 13.2 Å². The molecule has 0 rings (SSSR count). The molecule has 0 amide bonds. The molecule has 0 aromatic carbocycles. The van der Waals surface area contributed by atoms with Gasteiger partial charge in [-0.15, -0.1) is 0 Å². The maximum absolute atomic E-state index is 12.9. The van der Waals surface area contributed by atoms with Crippen molar-refractivity contribution in [2.24, 2.45) is 0 Å². The molecule has 0 aliphatic heterocycles. The van der Waals surface area contributed by atoms with Crippen LogP contribution in [0.15, 0.2) is 194 Å². The summed E-state index contributed by atoms with van der Waals surface area (Å²) in [5.74, 6) is -2.42. The predicted molar refractivity (Wildman–Crippen MR) is 342 cm³/mol. The number of ether oxygens (including phenoxy) is 4. The van der Waals surface area contributed by atoms with Gasteiger partial charge in [0.25, 0.3) is 0 Å². The fraction of sp³-hybridized carbons (Fsp3) is 0.514. The van der Waals surface area contributed by atoms with E-state index in [1.807, 2.05) is 21.1 Å². The molecule has 81 heavy (non-hydrogen) atoms. The van der Waals surface area contributed by atoms with Crippen LogP contribution in [0.1, 0.15) is 181 Å². The summed E-state index contributed by atoms with van der Waals surface area (Å²) in [6, 6.07) is 0. The van der Waals surface area contributed by atoms with Crippen LogP contribution in [0.3, 0.4) is 0 Å². The number of aliphatic carboxylic acids is 1. The number of hydrogen-bond acceptors (Lipinski definition) is 8. The summed E-state index contributed by atoms with van der Waals surface area (Å²) in [5, 5.41) is 11.8. The number of esters is 2. The minimum absolute atomic E-state index is 0.122. The average molecular weight is 1120 g/mol. The van der Waals surface area contributed by atoms with E-state index in [9.17, 15) is 19.5 Å². The van der Waals surface area contributed by atoms with Crippen LogP contribution < -0.4 is 5.11 Å². The van der Waals surface area contributed by atoms with E-state index in [0.29, 0.717) is 23.9 Å². The van der Waals surface area contributed by atoms with Crippen LogP contribution in [-0.2, 0) is 33.3 Å². The third kappa shape index (κ3) is 61.6. The molecule has 0 bridgehead atoms. The monoisotopic (exact) mass is 1120 g/mol. The molecule has 0 saturated heterocycles. The Hall–Kier alpha value is -5.87. The van der Waals surface area contributed by atoms with E-state index in [1.165, 1.54) is 0 Å². The van der Waals surface area contributed by atoms with Gasteiger partial charge in [-0.25, -0.2) is 0 Å². The number of quaternary nitrogens is 1. The number of carbonyl (C=O) groups is 3. The van der Waals surface area contributed by atoms with Gasteiger partial charge >= 0.3 is 11.9 Å². The van der Waals surface area contributed by atoms with E-state index >= 15 is 0 Å². The molecule has 2 unspecified atom stereocenters. The minimum atomic E-state index is -1.66. The first-order valence-corrected chi connectivity index (χ1v) is 30.6. The molecule has 0 radical (unpaired) electrons. The van der Waals surface area contributed by atoms with E-state index in [4.69, 9.17) is 18.9 Å². The highest BCUT2D eigenvalue weighted by Gasteiger charge is 2.21. The fourth-order valence-electron chi connectivity index (χ4n) is 7.22. The molecule has 0 aliphatic carbocycles. The summed E-state index contributed by atoms with van der Waals surface area (Å²) < 4.78 is 22.6. The molecule has 9 heteroatoms. The maximum atomic E-state index is 12.9. The lowest BCUT2D eigenvalue weighted by molar-refractivity contribution is -0.870. The number of carbonyl (C=O) groups excluding carboxylic acids is 3. The van der Waals surface area contributed by atoms with E-state index in [1.54, 1.807) is 0 Å². The van der Waals surface area contributed by atoms with Crippen LogP contribution in [-0.4, -0.2) is 82.3 Å². The number of unbranched alkanes of at least 4 members (excludes halogenated alkanes) is 6. The van der Waals surface area contributed by atoms with Gasteiger partial charge in [-0.2, -0.15) is 0 Å². The highest BCUT2D eigenvalue weighted by atomic mass is 16.7. The van der Waals surface area contributed by atoms with Crippen LogP contribution in [0.25, 0.3) is 0 Å². The number of carboxylic acid groups (broad SMARTS) is 1. The van der Waals surface area contributed by atoms with Crippen molar-refractivity contribution in [3.05, 3.63) is 194 Å². The summed E-state index contributed by atoms with van der Waals surface area (Å²) in [5.41, 5.74) is 0. The molecular formula is C72H109NO8. The third-order valence-electron chi connectivity index (χ3n) is 11.8. The SMILES string of the molecule is CC/C=C\C/C=C\C/C=C\C/C=C\C/C=C\C/C=C\C/C=C\C/C=C\C/C=C\CCCCCCCC(=O)OC(COC(=O)CCC/C=C\C/C=C\C/C=C\C/C=C\C/C=C\C/C=C\C/C=C\CC)COC(OCC[N+](C)(C)C)C(=O)[O-]. The summed E-state index contributed by atoms with van der Waals surface area (Å²) >= 11 is 0. The van der Waals surface area contributed by atoms with Crippen molar-refractivity contribution in [1.29, 1.82) is 0 Å². The largest absolute Gasteiger partial charge is 0.545 e. The van der Waals surface area contributed by atoms with Gasteiger partial charge in [-0.3, -0.25) is 9.59 Å². The minimum Gasteiger partial charge on any atom is -0.545 e. The number of likely N-dealkylation sites (N-methyl/N-ethyl adjacent to an activating group) is 1. The highest BCUT2D eigenvalue weighted by Crippen LogP contribution is 2.12. The summed E-state index contributed by atoms with van der Waals surface area (Å²) in [4.78, 5) is 37.3. The smallest absolute Gasteiger partial charge is 0.306 e. The maximum Gasteiger partial charge on any atom is 0.306 e. The highest BCUT2D eigenvalue weighted by molar-refractivity contribution is 5.70. The zero-order valence-electron chi connectivity index (χ0n) is 51.1. The molecule has 2 atom stereocenters. The summed E-state index contributed by atoms with van der Waals surface area (Å²) in [6.45, 7) is 4.39. The second-order valence-corrected chi connectivity index (χ2v) is 20.5. The fourth-order valence-corrected chi connectivity index (χ4v) is 7.22. The lowest BCUT2D eigenvalue weighted by Gasteiger charge is -2.26. The van der Waals surface area contributed by atoms with Gasteiger partial charge in [-0.1, -0.05) is 228 Å². The van der Waals surface area contributed by atoms with Crippen molar-refractivity contribution in [2.75, 3.05) is 47.5 Å². The standard InChI is InChI=1S/C72H109NO8/c1-6-8-10-12-14-16-18-20-22-24-26-28-30-31-32-33-34-35-36-37-38-39-41-43-45-47-49-51-53-55-57-59-61-63-70(75)81-68(67-80-72(71(76)77)78-65-64-73(3,4)5)66-79-69(74)62-60-58-56-54-52-50-48-46-44-42-40-29-27-25-23-21-19-17-15-13-11-9-7-2/h8-11,14-17,20-23,26-29,31-32,34-35,37-38,41-44,47-50,54,56,68,72H,6-7,12-13,18-19,24-25,30,33,36,39-40,45-46,51-53,55,57-67H2,1-5H3/b10-8-,11-9-,16-14-,17-15-,22-20-,23-21-,28-26-,29-27-,32-31-,35-34-,38-37-,43-41-,44-42-,49-47-,50-48-,56-54-. The van der Waals surface area contributed by atoms with Gasteiger partial charge in [-0.05, 0) is 135 Å². The Morgan fingerprint density at radius 2 is 0.679 bits per heavy atom. The van der Waals surface area contributed by atoms with E-state index in [-0.39, 0.29) is 32.7 Å². The van der Waals surface area contributed by atoms with Crippen molar-refractivity contribution in [1.82, 2.24) is 0 Å². The van der Waals surface area contributed by atoms with Crippen molar-refractivity contribution in [3.8, 4) is 0 Å². The molecule has 0 N–H and O–H groups in total. The van der Waals surface area contributed by atoms with Crippen LogP contribution in [0.2, 0.25) is 0 Å². The quantitative estimate of drug-likeness (QED) is 0.0195. The molecule has 450 valence electrons. The van der Waals surface area contributed by atoms with Gasteiger partial charge in [0, 0.05) is 12.8 Å². The lowest BCUT2D eigenvalue weighted by Crippen LogP contribution is -2.44.